The molecular formula is C14H17F2NO2. The lowest BCUT2D eigenvalue weighted by atomic mass is 10.1. The Labute approximate surface area is 110 Å². The summed E-state index contributed by atoms with van der Waals surface area (Å²) in [7, 11) is 0. The molecule has 0 radical (unpaired) electrons. The van der Waals surface area contributed by atoms with E-state index >= 15 is 0 Å². The van der Waals surface area contributed by atoms with Gasteiger partial charge in [-0.15, -0.1) is 0 Å². The lowest BCUT2D eigenvalue weighted by Crippen LogP contribution is -2.34. The van der Waals surface area contributed by atoms with Crippen LogP contribution in [0.5, 0.6) is 0 Å². The van der Waals surface area contributed by atoms with Crippen LogP contribution in [0.4, 0.5) is 14.5 Å². The van der Waals surface area contributed by atoms with Gasteiger partial charge in [-0.05, 0) is 31.9 Å². The quantitative estimate of drug-likeness (QED) is 0.910. The SMILES string of the molecule is CCN(c1ccc(C(=O)O)c(F)c1F)C1CCCC1. The molecule has 0 aromatic heterocycles. The maximum Gasteiger partial charge on any atom is 0.338 e. The van der Waals surface area contributed by atoms with E-state index in [1.54, 1.807) is 0 Å². The Hall–Kier alpha value is -1.65. The van der Waals surface area contributed by atoms with Crippen LogP contribution in [-0.2, 0) is 0 Å². The van der Waals surface area contributed by atoms with E-state index in [1.807, 2.05) is 11.8 Å². The summed E-state index contributed by atoms with van der Waals surface area (Å²) < 4.78 is 27.7. The predicted octanol–water partition coefficient (Wildman–Crippen LogP) is 3.43. The minimum absolute atomic E-state index is 0.164. The summed E-state index contributed by atoms with van der Waals surface area (Å²) in [6, 6.07) is 2.71. The zero-order valence-corrected chi connectivity index (χ0v) is 10.8. The molecule has 0 bridgehead atoms. The molecule has 1 fully saturated rings. The number of nitrogens with zero attached hydrogens (tertiary/aromatic N) is 1. The minimum atomic E-state index is -1.45. The van der Waals surface area contributed by atoms with Crippen molar-refractivity contribution < 1.29 is 18.7 Å². The molecule has 0 aliphatic heterocycles. The average molecular weight is 269 g/mol. The Balaban J connectivity index is 2.38. The van der Waals surface area contributed by atoms with Crippen molar-refractivity contribution in [3.63, 3.8) is 0 Å². The molecule has 3 nitrogen and oxygen atoms in total. The lowest BCUT2D eigenvalue weighted by molar-refractivity contribution is 0.0690. The second-order valence-electron chi connectivity index (χ2n) is 4.79. The molecule has 1 aromatic rings. The van der Waals surface area contributed by atoms with Crippen molar-refractivity contribution in [1.82, 2.24) is 0 Å². The number of anilines is 1. The van der Waals surface area contributed by atoms with E-state index in [1.165, 1.54) is 6.07 Å². The number of carboxylic acid groups (broad SMARTS) is 1. The summed E-state index contributed by atoms with van der Waals surface area (Å²) in [6.45, 7) is 2.47. The van der Waals surface area contributed by atoms with E-state index in [0.29, 0.717) is 6.54 Å². The molecule has 0 atom stereocenters. The number of halogens is 2. The Morgan fingerprint density at radius 1 is 1.32 bits per heavy atom. The van der Waals surface area contributed by atoms with Gasteiger partial charge in [0, 0.05) is 12.6 Å². The summed E-state index contributed by atoms with van der Waals surface area (Å²) in [5, 5.41) is 8.77. The fourth-order valence-electron chi connectivity index (χ4n) is 2.77. The number of rotatable bonds is 4. The molecule has 0 amide bonds. The van der Waals surface area contributed by atoms with E-state index in [-0.39, 0.29) is 11.7 Å². The zero-order chi connectivity index (χ0) is 14.0. The first kappa shape index (κ1) is 13.8. The molecule has 1 aromatic carbocycles. The van der Waals surface area contributed by atoms with Crippen molar-refractivity contribution in [2.24, 2.45) is 0 Å². The van der Waals surface area contributed by atoms with Gasteiger partial charge in [0.25, 0.3) is 0 Å². The molecule has 0 heterocycles. The fraction of sp³-hybridized carbons (Fsp3) is 0.500. The first-order valence-electron chi connectivity index (χ1n) is 6.54. The van der Waals surface area contributed by atoms with Crippen LogP contribution in [0.2, 0.25) is 0 Å². The number of carboxylic acids is 1. The summed E-state index contributed by atoms with van der Waals surface area (Å²) in [6.07, 6.45) is 4.13. The highest BCUT2D eigenvalue weighted by molar-refractivity contribution is 5.88. The van der Waals surface area contributed by atoms with Gasteiger partial charge in [0.2, 0.25) is 0 Å². The van der Waals surface area contributed by atoms with Crippen LogP contribution in [0.15, 0.2) is 12.1 Å². The monoisotopic (exact) mass is 269 g/mol. The van der Waals surface area contributed by atoms with Crippen molar-refractivity contribution in [2.75, 3.05) is 11.4 Å². The Kier molecular flexibility index (Phi) is 4.02. The molecule has 2 rings (SSSR count). The van der Waals surface area contributed by atoms with E-state index in [2.05, 4.69) is 0 Å². The van der Waals surface area contributed by atoms with Gasteiger partial charge in [0.15, 0.2) is 11.6 Å². The average Bonchev–Trinajstić information content (AvgIpc) is 2.89. The molecule has 19 heavy (non-hydrogen) atoms. The van der Waals surface area contributed by atoms with Crippen LogP contribution in [0, 0.1) is 11.6 Å². The zero-order valence-electron chi connectivity index (χ0n) is 10.8. The summed E-state index contributed by atoms with van der Waals surface area (Å²) in [4.78, 5) is 12.6. The fourth-order valence-corrected chi connectivity index (χ4v) is 2.77. The van der Waals surface area contributed by atoms with E-state index in [0.717, 1.165) is 31.7 Å². The molecule has 1 N–H and O–H groups in total. The molecule has 1 aliphatic carbocycles. The third kappa shape index (κ3) is 2.55. The van der Waals surface area contributed by atoms with Crippen molar-refractivity contribution >= 4 is 11.7 Å². The van der Waals surface area contributed by atoms with Crippen LogP contribution in [-0.4, -0.2) is 23.7 Å². The minimum Gasteiger partial charge on any atom is -0.478 e. The van der Waals surface area contributed by atoms with Crippen molar-refractivity contribution in [1.29, 1.82) is 0 Å². The lowest BCUT2D eigenvalue weighted by Gasteiger charge is -2.30. The van der Waals surface area contributed by atoms with Gasteiger partial charge in [-0.1, -0.05) is 12.8 Å². The van der Waals surface area contributed by atoms with Gasteiger partial charge in [-0.3, -0.25) is 0 Å². The van der Waals surface area contributed by atoms with Gasteiger partial charge in [0.05, 0.1) is 11.3 Å². The van der Waals surface area contributed by atoms with E-state index in [9.17, 15) is 13.6 Å². The van der Waals surface area contributed by atoms with Crippen LogP contribution >= 0.6 is 0 Å². The van der Waals surface area contributed by atoms with Crippen molar-refractivity contribution in [2.45, 2.75) is 38.6 Å². The molecular weight excluding hydrogens is 252 g/mol. The second kappa shape index (κ2) is 5.55. The number of carbonyl (C=O) groups is 1. The Bertz CT molecular complexity index is 485. The largest absolute Gasteiger partial charge is 0.478 e. The standard InChI is InChI=1S/C14H17F2NO2/c1-2-17(9-5-3-4-6-9)11-8-7-10(14(18)19)12(15)13(11)16/h7-9H,2-6H2,1H3,(H,18,19). The highest BCUT2D eigenvalue weighted by Crippen LogP contribution is 2.31. The molecule has 0 saturated heterocycles. The topological polar surface area (TPSA) is 40.5 Å². The van der Waals surface area contributed by atoms with Gasteiger partial charge >= 0.3 is 5.97 Å². The van der Waals surface area contributed by atoms with Crippen LogP contribution in [0.25, 0.3) is 0 Å². The number of hydrogen-bond acceptors (Lipinski definition) is 2. The molecule has 0 unspecified atom stereocenters. The first-order valence-corrected chi connectivity index (χ1v) is 6.54. The van der Waals surface area contributed by atoms with E-state index < -0.39 is 23.2 Å². The van der Waals surface area contributed by atoms with E-state index in [4.69, 9.17) is 5.11 Å². The van der Waals surface area contributed by atoms with Crippen LogP contribution in [0.3, 0.4) is 0 Å². The number of aromatic carboxylic acids is 1. The van der Waals surface area contributed by atoms with Gasteiger partial charge < -0.3 is 10.0 Å². The van der Waals surface area contributed by atoms with Crippen LogP contribution in [0.1, 0.15) is 43.0 Å². The number of hydrogen-bond donors (Lipinski definition) is 1. The first-order chi connectivity index (χ1) is 9.06. The molecule has 5 heteroatoms. The van der Waals surface area contributed by atoms with Gasteiger partial charge in [0.1, 0.15) is 0 Å². The third-order valence-corrected chi connectivity index (χ3v) is 3.71. The van der Waals surface area contributed by atoms with Crippen LogP contribution < -0.4 is 4.90 Å². The highest BCUT2D eigenvalue weighted by Gasteiger charge is 2.26. The Morgan fingerprint density at radius 2 is 1.95 bits per heavy atom. The highest BCUT2D eigenvalue weighted by atomic mass is 19.2. The number of benzene rings is 1. The molecule has 1 aliphatic rings. The Morgan fingerprint density at radius 3 is 2.47 bits per heavy atom. The predicted molar refractivity (Wildman–Crippen MR) is 68.6 cm³/mol. The molecule has 0 spiro atoms. The molecule has 104 valence electrons. The molecule has 1 saturated carbocycles. The van der Waals surface area contributed by atoms with Crippen molar-refractivity contribution in [3.05, 3.63) is 29.3 Å². The maximum atomic E-state index is 14.0. The summed E-state index contributed by atoms with van der Waals surface area (Å²) in [5.41, 5.74) is -0.458. The second-order valence-corrected chi connectivity index (χ2v) is 4.79. The van der Waals surface area contributed by atoms with Crippen molar-refractivity contribution in [3.8, 4) is 0 Å². The van der Waals surface area contributed by atoms with Gasteiger partial charge in [-0.25, -0.2) is 13.6 Å². The third-order valence-electron chi connectivity index (χ3n) is 3.71. The smallest absolute Gasteiger partial charge is 0.338 e. The maximum absolute atomic E-state index is 14.0. The van der Waals surface area contributed by atoms with Gasteiger partial charge in [-0.2, -0.15) is 0 Å². The summed E-state index contributed by atoms with van der Waals surface area (Å²) >= 11 is 0. The summed E-state index contributed by atoms with van der Waals surface area (Å²) in [5.74, 6) is -3.79. The normalized spacial score (nSPS) is 15.7.